The van der Waals surface area contributed by atoms with Crippen LogP contribution in [-0.2, 0) is 18.1 Å². The first-order valence-corrected chi connectivity index (χ1v) is 4.82. The van der Waals surface area contributed by atoms with Crippen molar-refractivity contribution in [1.29, 1.82) is 0 Å². The van der Waals surface area contributed by atoms with Crippen molar-refractivity contribution >= 4 is 0 Å². The van der Waals surface area contributed by atoms with Crippen LogP contribution in [0.3, 0.4) is 0 Å². The topological polar surface area (TPSA) is 39.7 Å². The second-order valence-electron chi connectivity index (χ2n) is 3.15. The molecule has 0 heterocycles. The van der Waals surface area contributed by atoms with Crippen LogP contribution in [0, 0.1) is 0 Å². The molecule has 1 aromatic carbocycles. The Labute approximate surface area is 94.3 Å². The molecule has 0 aliphatic rings. The van der Waals surface area contributed by atoms with Gasteiger partial charge in [0.15, 0.2) is 11.5 Å². The monoisotopic (exact) mass is 229 g/mol. The third kappa shape index (κ3) is 2.84. The molecule has 1 aromatic rings. The SMILES string of the molecule is CONCc1cc(CF)cc(OC)c1OC. The number of hydrogen-bond acceptors (Lipinski definition) is 4. The minimum Gasteiger partial charge on any atom is -0.493 e. The summed E-state index contributed by atoms with van der Waals surface area (Å²) in [5.74, 6) is 1.11. The van der Waals surface area contributed by atoms with Crippen LogP contribution in [0.15, 0.2) is 12.1 Å². The second kappa shape index (κ2) is 6.30. The van der Waals surface area contributed by atoms with Crippen LogP contribution >= 0.6 is 0 Å². The molecule has 0 saturated carbocycles. The summed E-state index contributed by atoms with van der Waals surface area (Å²) >= 11 is 0. The molecule has 90 valence electrons. The number of rotatable bonds is 6. The lowest BCUT2D eigenvalue weighted by Gasteiger charge is -2.14. The van der Waals surface area contributed by atoms with Gasteiger partial charge in [0.05, 0.1) is 21.3 Å². The van der Waals surface area contributed by atoms with Crippen molar-refractivity contribution in [2.45, 2.75) is 13.2 Å². The predicted molar refractivity (Wildman–Crippen MR) is 58.2 cm³/mol. The average molecular weight is 229 g/mol. The summed E-state index contributed by atoms with van der Waals surface area (Å²) in [6.45, 7) is -0.121. The van der Waals surface area contributed by atoms with E-state index in [2.05, 4.69) is 5.48 Å². The highest BCUT2D eigenvalue weighted by molar-refractivity contribution is 5.49. The number of ether oxygens (including phenoxy) is 2. The van der Waals surface area contributed by atoms with Gasteiger partial charge in [-0.1, -0.05) is 0 Å². The van der Waals surface area contributed by atoms with Crippen molar-refractivity contribution in [2.75, 3.05) is 21.3 Å². The molecule has 16 heavy (non-hydrogen) atoms. The van der Waals surface area contributed by atoms with Gasteiger partial charge in [-0.05, 0) is 17.7 Å². The van der Waals surface area contributed by atoms with Crippen LogP contribution in [0.2, 0.25) is 0 Å². The molecule has 1 rings (SSSR count). The molecular weight excluding hydrogens is 213 g/mol. The summed E-state index contributed by atoms with van der Waals surface area (Å²) in [4.78, 5) is 4.75. The molecule has 0 aliphatic heterocycles. The molecule has 0 spiro atoms. The zero-order valence-electron chi connectivity index (χ0n) is 9.67. The zero-order chi connectivity index (χ0) is 12.0. The Morgan fingerprint density at radius 3 is 2.44 bits per heavy atom. The summed E-state index contributed by atoms with van der Waals surface area (Å²) in [5.41, 5.74) is 4.02. The average Bonchev–Trinajstić information content (AvgIpc) is 2.34. The van der Waals surface area contributed by atoms with Crippen LogP contribution in [0.1, 0.15) is 11.1 Å². The summed E-state index contributed by atoms with van der Waals surface area (Å²) in [6, 6.07) is 3.34. The highest BCUT2D eigenvalue weighted by Crippen LogP contribution is 2.32. The van der Waals surface area contributed by atoms with Crippen molar-refractivity contribution in [3.05, 3.63) is 23.3 Å². The number of alkyl halides is 1. The molecule has 0 saturated heterocycles. The Kier molecular flexibility index (Phi) is 5.01. The zero-order valence-corrected chi connectivity index (χ0v) is 9.67. The summed E-state index contributed by atoms with van der Waals surface area (Å²) in [6.07, 6.45) is 0. The van der Waals surface area contributed by atoms with Gasteiger partial charge in [-0.25, -0.2) is 4.39 Å². The van der Waals surface area contributed by atoms with Crippen molar-refractivity contribution in [3.63, 3.8) is 0 Å². The second-order valence-corrected chi connectivity index (χ2v) is 3.15. The van der Waals surface area contributed by atoms with Crippen molar-refractivity contribution in [3.8, 4) is 11.5 Å². The Bertz CT molecular complexity index is 344. The highest BCUT2D eigenvalue weighted by Gasteiger charge is 2.12. The first-order chi connectivity index (χ1) is 7.76. The van der Waals surface area contributed by atoms with Crippen LogP contribution in [0.5, 0.6) is 11.5 Å². The van der Waals surface area contributed by atoms with Crippen molar-refractivity contribution in [1.82, 2.24) is 5.48 Å². The summed E-state index contributed by atoms with van der Waals surface area (Å²) < 4.78 is 23.0. The molecule has 0 amide bonds. The lowest BCUT2D eigenvalue weighted by atomic mass is 10.1. The first-order valence-electron chi connectivity index (χ1n) is 4.82. The molecule has 4 nitrogen and oxygen atoms in total. The highest BCUT2D eigenvalue weighted by atomic mass is 19.1. The number of benzene rings is 1. The molecule has 5 heteroatoms. The third-order valence-electron chi connectivity index (χ3n) is 2.18. The van der Waals surface area contributed by atoms with Crippen LogP contribution in [0.4, 0.5) is 4.39 Å². The molecular formula is C11H16FNO3. The molecule has 0 bridgehead atoms. The van der Waals surface area contributed by atoms with E-state index in [0.717, 1.165) is 5.56 Å². The molecule has 0 radical (unpaired) electrons. The number of methoxy groups -OCH3 is 2. The Hall–Kier alpha value is -1.33. The van der Waals surface area contributed by atoms with E-state index in [1.165, 1.54) is 14.2 Å². The van der Waals surface area contributed by atoms with Crippen LogP contribution < -0.4 is 15.0 Å². The number of halogens is 1. The van der Waals surface area contributed by atoms with E-state index in [1.807, 2.05) is 0 Å². The Balaban J connectivity index is 3.09. The van der Waals surface area contributed by atoms with Gasteiger partial charge in [-0.3, -0.25) is 0 Å². The molecule has 0 fully saturated rings. The van der Waals surface area contributed by atoms with Crippen LogP contribution in [0.25, 0.3) is 0 Å². The van der Waals surface area contributed by atoms with Gasteiger partial charge in [-0.15, -0.1) is 0 Å². The van der Waals surface area contributed by atoms with E-state index < -0.39 is 6.67 Å². The van der Waals surface area contributed by atoms with Gasteiger partial charge in [-0.2, -0.15) is 5.48 Å². The molecule has 0 aliphatic carbocycles. The van der Waals surface area contributed by atoms with Gasteiger partial charge in [0, 0.05) is 12.1 Å². The van der Waals surface area contributed by atoms with Crippen LogP contribution in [-0.4, -0.2) is 21.3 Å². The summed E-state index contributed by atoms with van der Waals surface area (Å²) in [5, 5.41) is 0. The minimum absolute atomic E-state index is 0.421. The van der Waals surface area contributed by atoms with E-state index in [-0.39, 0.29) is 0 Å². The maximum atomic E-state index is 12.6. The predicted octanol–water partition coefficient (Wildman–Crippen LogP) is 1.82. The molecule has 1 N–H and O–H groups in total. The van der Waals surface area contributed by atoms with Gasteiger partial charge >= 0.3 is 0 Å². The Morgan fingerprint density at radius 2 is 1.94 bits per heavy atom. The standard InChI is InChI=1S/C11H16FNO3/c1-14-10-5-8(6-12)4-9(7-13-16-3)11(10)15-2/h4-5,13H,6-7H2,1-3H3. The smallest absolute Gasteiger partial charge is 0.165 e. The first kappa shape index (κ1) is 12.7. The van der Waals surface area contributed by atoms with E-state index in [0.29, 0.717) is 23.6 Å². The maximum Gasteiger partial charge on any atom is 0.165 e. The van der Waals surface area contributed by atoms with Crippen molar-refractivity contribution in [2.24, 2.45) is 0 Å². The van der Waals surface area contributed by atoms with Gasteiger partial charge in [0.1, 0.15) is 6.67 Å². The van der Waals surface area contributed by atoms with E-state index >= 15 is 0 Å². The maximum absolute atomic E-state index is 12.6. The summed E-state index contributed by atoms with van der Waals surface area (Å²) in [7, 11) is 4.58. The largest absolute Gasteiger partial charge is 0.493 e. The molecule has 0 unspecified atom stereocenters. The molecule has 0 aromatic heterocycles. The number of nitrogens with one attached hydrogen (secondary N) is 1. The lowest BCUT2D eigenvalue weighted by Crippen LogP contribution is -2.12. The quantitative estimate of drug-likeness (QED) is 0.755. The fraction of sp³-hybridized carbons (Fsp3) is 0.455. The molecule has 0 atom stereocenters. The van der Waals surface area contributed by atoms with E-state index in [9.17, 15) is 4.39 Å². The van der Waals surface area contributed by atoms with Crippen molar-refractivity contribution < 1.29 is 18.7 Å². The third-order valence-corrected chi connectivity index (χ3v) is 2.18. The number of hydrogen-bond donors (Lipinski definition) is 1. The van der Waals surface area contributed by atoms with Gasteiger partial charge in [0.2, 0.25) is 0 Å². The van der Waals surface area contributed by atoms with Gasteiger partial charge in [0.25, 0.3) is 0 Å². The fourth-order valence-electron chi connectivity index (χ4n) is 1.46. The Morgan fingerprint density at radius 1 is 1.19 bits per heavy atom. The number of hydroxylamine groups is 1. The fourth-order valence-corrected chi connectivity index (χ4v) is 1.46. The lowest BCUT2D eigenvalue weighted by molar-refractivity contribution is 0.0860. The van der Waals surface area contributed by atoms with Gasteiger partial charge < -0.3 is 14.3 Å². The minimum atomic E-state index is -0.541. The van der Waals surface area contributed by atoms with E-state index in [1.54, 1.807) is 19.2 Å². The normalized spacial score (nSPS) is 10.2. The van der Waals surface area contributed by atoms with E-state index in [4.69, 9.17) is 14.3 Å².